The summed E-state index contributed by atoms with van der Waals surface area (Å²) >= 11 is 0. The van der Waals surface area contributed by atoms with Crippen molar-refractivity contribution in [2.45, 2.75) is 59.9 Å². The van der Waals surface area contributed by atoms with Crippen LogP contribution in [0.3, 0.4) is 0 Å². The minimum atomic E-state index is 0.103. The van der Waals surface area contributed by atoms with Gasteiger partial charge < -0.3 is 9.32 Å². The number of aromatic nitrogens is 2. The lowest BCUT2D eigenvalue weighted by molar-refractivity contribution is -0.133. The van der Waals surface area contributed by atoms with Gasteiger partial charge in [0.15, 0.2) is 0 Å². The molecule has 0 bridgehead atoms. The smallest absolute Gasteiger partial charge is 0.233 e. The molecule has 0 aromatic carbocycles. The largest absolute Gasteiger partial charge is 0.424 e. The van der Waals surface area contributed by atoms with E-state index in [1.807, 2.05) is 4.90 Å². The molecule has 1 aliphatic rings. The van der Waals surface area contributed by atoms with Gasteiger partial charge in [0.1, 0.15) is 0 Å². The van der Waals surface area contributed by atoms with Gasteiger partial charge in [-0.3, -0.25) is 9.69 Å². The predicted molar refractivity (Wildman–Crippen MR) is 93.5 cm³/mol. The molecule has 2 rings (SSSR count). The fourth-order valence-corrected chi connectivity index (χ4v) is 2.95. The average molecular weight is 336 g/mol. The van der Waals surface area contributed by atoms with Crippen molar-refractivity contribution in [3.8, 4) is 0 Å². The number of piperazine rings is 1. The van der Waals surface area contributed by atoms with Crippen molar-refractivity contribution >= 4 is 5.91 Å². The van der Waals surface area contributed by atoms with Gasteiger partial charge >= 0.3 is 0 Å². The molecular formula is C18H32N4O2. The first kappa shape index (κ1) is 18.9. The lowest BCUT2D eigenvalue weighted by Crippen LogP contribution is -2.49. The predicted octanol–water partition coefficient (Wildman–Crippen LogP) is 2.91. The normalized spacial score (nSPS) is 17.7. The lowest BCUT2D eigenvalue weighted by Gasteiger charge is -2.37. The van der Waals surface area contributed by atoms with Crippen molar-refractivity contribution in [1.82, 2.24) is 20.0 Å². The summed E-state index contributed by atoms with van der Waals surface area (Å²) in [6, 6.07) is 0.103. The molecule has 1 aliphatic heterocycles. The second kappa shape index (κ2) is 8.60. The van der Waals surface area contributed by atoms with E-state index in [2.05, 4.69) is 49.7 Å². The monoisotopic (exact) mass is 336 g/mol. The molecule has 1 aromatic heterocycles. The molecule has 136 valence electrons. The zero-order chi connectivity index (χ0) is 17.7. The second-order valence-corrected chi connectivity index (χ2v) is 7.66. The van der Waals surface area contributed by atoms with Crippen molar-refractivity contribution in [1.29, 1.82) is 0 Å². The molecule has 24 heavy (non-hydrogen) atoms. The maximum absolute atomic E-state index is 12.2. The van der Waals surface area contributed by atoms with Gasteiger partial charge in [-0.05, 0) is 25.2 Å². The summed E-state index contributed by atoms with van der Waals surface area (Å²) in [4.78, 5) is 16.5. The Bertz CT molecular complexity index is 519. The number of amides is 1. The van der Waals surface area contributed by atoms with E-state index >= 15 is 0 Å². The summed E-state index contributed by atoms with van der Waals surface area (Å²) in [5, 5.41) is 8.36. The van der Waals surface area contributed by atoms with Gasteiger partial charge in [0.05, 0.1) is 6.04 Å². The maximum atomic E-state index is 12.2. The van der Waals surface area contributed by atoms with Crippen molar-refractivity contribution in [2.24, 2.45) is 11.8 Å². The Morgan fingerprint density at radius 3 is 2.29 bits per heavy atom. The highest BCUT2D eigenvalue weighted by Crippen LogP contribution is 2.21. The third kappa shape index (κ3) is 5.30. The number of carbonyl (C=O) groups is 1. The van der Waals surface area contributed by atoms with Gasteiger partial charge in [0.2, 0.25) is 17.7 Å². The van der Waals surface area contributed by atoms with Gasteiger partial charge in [0, 0.05) is 39.0 Å². The second-order valence-electron chi connectivity index (χ2n) is 7.66. The summed E-state index contributed by atoms with van der Waals surface area (Å²) < 4.78 is 5.80. The molecule has 0 spiro atoms. The van der Waals surface area contributed by atoms with Gasteiger partial charge in [0.25, 0.3) is 0 Å². The van der Waals surface area contributed by atoms with Crippen LogP contribution in [0.5, 0.6) is 0 Å². The van der Waals surface area contributed by atoms with E-state index in [9.17, 15) is 4.79 Å². The summed E-state index contributed by atoms with van der Waals surface area (Å²) in [6.07, 6.45) is 2.45. The molecule has 1 fully saturated rings. The van der Waals surface area contributed by atoms with Crippen molar-refractivity contribution < 1.29 is 9.21 Å². The molecule has 0 aliphatic carbocycles. The van der Waals surface area contributed by atoms with E-state index < -0.39 is 0 Å². The third-order valence-electron chi connectivity index (χ3n) is 4.57. The van der Waals surface area contributed by atoms with E-state index in [4.69, 9.17) is 4.42 Å². The van der Waals surface area contributed by atoms with Gasteiger partial charge in [-0.2, -0.15) is 0 Å². The van der Waals surface area contributed by atoms with Crippen LogP contribution in [0, 0.1) is 11.8 Å². The van der Waals surface area contributed by atoms with Crippen LogP contribution in [0.2, 0.25) is 0 Å². The van der Waals surface area contributed by atoms with Gasteiger partial charge in [-0.1, -0.05) is 27.7 Å². The number of nitrogens with zero attached hydrogens (tertiary/aromatic N) is 4. The summed E-state index contributed by atoms with van der Waals surface area (Å²) in [5.41, 5.74) is 0. The standard InChI is InChI=1S/C18H32N4O2/c1-13(2)6-7-17(23)22-10-8-21(9-11-22)15(5)18-20-19-16(24-18)12-14(3)4/h13-15H,6-12H2,1-5H3/t15-/m0/s1. The van der Waals surface area contributed by atoms with Crippen molar-refractivity contribution in [2.75, 3.05) is 26.2 Å². The third-order valence-corrected chi connectivity index (χ3v) is 4.57. The van der Waals surface area contributed by atoms with E-state index in [0.29, 0.717) is 30.0 Å². The molecule has 1 saturated heterocycles. The Morgan fingerprint density at radius 2 is 1.71 bits per heavy atom. The van der Waals surface area contributed by atoms with Crippen LogP contribution in [0.25, 0.3) is 0 Å². The van der Waals surface area contributed by atoms with Crippen LogP contribution in [0.1, 0.15) is 65.3 Å². The Kier molecular flexibility index (Phi) is 6.78. The summed E-state index contributed by atoms with van der Waals surface area (Å²) in [7, 11) is 0. The molecule has 1 aromatic rings. The number of hydrogen-bond donors (Lipinski definition) is 0. The first-order valence-corrected chi connectivity index (χ1v) is 9.21. The van der Waals surface area contributed by atoms with Crippen molar-refractivity contribution in [3.05, 3.63) is 11.8 Å². The minimum Gasteiger partial charge on any atom is -0.424 e. The highest BCUT2D eigenvalue weighted by Gasteiger charge is 2.27. The van der Waals surface area contributed by atoms with Crippen LogP contribution in [-0.2, 0) is 11.2 Å². The average Bonchev–Trinajstić information content (AvgIpc) is 2.99. The highest BCUT2D eigenvalue weighted by molar-refractivity contribution is 5.76. The molecule has 6 nitrogen and oxygen atoms in total. The number of hydrogen-bond acceptors (Lipinski definition) is 5. The zero-order valence-corrected chi connectivity index (χ0v) is 15.8. The molecule has 0 unspecified atom stereocenters. The lowest BCUT2D eigenvalue weighted by atomic mass is 10.1. The van der Waals surface area contributed by atoms with E-state index in [0.717, 1.165) is 39.0 Å². The Labute approximate surface area is 145 Å². The van der Waals surface area contributed by atoms with Crippen LogP contribution < -0.4 is 0 Å². The van der Waals surface area contributed by atoms with E-state index in [1.54, 1.807) is 0 Å². The molecule has 1 atom stereocenters. The van der Waals surface area contributed by atoms with Gasteiger partial charge in [-0.25, -0.2) is 0 Å². The molecule has 0 N–H and O–H groups in total. The zero-order valence-electron chi connectivity index (χ0n) is 15.8. The fourth-order valence-electron chi connectivity index (χ4n) is 2.95. The number of carbonyl (C=O) groups excluding carboxylic acids is 1. The first-order chi connectivity index (χ1) is 11.4. The Balaban J connectivity index is 1.83. The number of rotatable bonds is 7. The maximum Gasteiger partial charge on any atom is 0.233 e. The summed E-state index contributed by atoms with van der Waals surface area (Å²) in [5.74, 6) is 2.77. The van der Waals surface area contributed by atoms with Crippen LogP contribution >= 0.6 is 0 Å². The van der Waals surface area contributed by atoms with Gasteiger partial charge in [-0.15, -0.1) is 10.2 Å². The van der Waals surface area contributed by atoms with Crippen LogP contribution in [0.4, 0.5) is 0 Å². The molecule has 6 heteroatoms. The van der Waals surface area contributed by atoms with Crippen LogP contribution in [0.15, 0.2) is 4.42 Å². The first-order valence-electron chi connectivity index (χ1n) is 9.21. The fraction of sp³-hybridized carbons (Fsp3) is 0.833. The summed E-state index contributed by atoms with van der Waals surface area (Å²) in [6.45, 7) is 14.0. The SMILES string of the molecule is CC(C)CCC(=O)N1CCN([C@@H](C)c2nnc(CC(C)C)o2)CC1. The molecular weight excluding hydrogens is 304 g/mol. The topological polar surface area (TPSA) is 62.5 Å². The Hall–Kier alpha value is -1.43. The Morgan fingerprint density at radius 1 is 1.04 bits per heavy atom. The van der Waals surface area contributed by atoms with Crippen LogP contribution in [-0.4, -0.2) is 52.1 Å². The van der Waals surface area contributed by atoms with Crippen molar-refractivity contribution in [3.63, 3.8) is 0 Å². The molecule has 1 amide bonds. The van der Waals surface area contributed by atoms with E-state index in [-0.39, 0.29) is 11.9 Å². The quantitative estimate of drug-likeness (QED) is 0.766. The highest BCUT2D eigenvalue weighted by atomic mass is 16.4. The molecule has 2 heterocycles. The molecule has 0 radical (unpaired) electrons. The minimum absolute atomic E-state index is 0.103. The van der Waals surface area contributed by atoms with E-state index in [1.165, 1.54) is 0 Å². The molecule has 0 saturated carbocycles.